The van der Waals surface area contributed by atoms with Gasteiger partial charge in [0.25, 0.3) is 5.91 Å². The molecule has 0 radical (unpaired) electrons. The van der Waals surface area contributed by atoms with Gasteiger partial charge in [-0.05, 0) is 26.3 Å². The van der Waals surface area contributed by atoms with Crippen molar-refractivity contribution in [2.45, 2.75) is 26.3 Å². The lowest BCUT2D eigenvalue weighted by Gasteiger charge is -2.05. The Morgan fingerprint density at radius 1 is 1.79 bits per heavy atom. The molecule has 0 fully saturated rings. The first kappa shape index (κ1) is 10.7. The summed E-state index contributed by atoms with van der Waals surface area (Å²) >= 11 is 0. The van der Waals surface area contributed by atoms with Crippen molar-refractivity contribution in [2.75, 3.05) is 6.54 Å². The van der Waals surface area contributed by atoms with Crippen LogP contribution in [-0.4, -0.2) is 28.7 Å². The monoisotopic (exact) mass is 196 g/mol. The van der Waals surface area contributed by atoms with Gasteiger partial charge in [0.1, 0.15) is 5.69 Å². The van der Waals surface area contributed by atoms with Crippen LogP contribution in [0.3, 0.4) is 0 Å². The molecule has 0 spiro atoms. The van der Waals surface area contributed by atoms with Crippen LogP contribution in [0.5, 0.6) is 0 Å². The molecule has 1 atom stereocenters. The summed E-state index contributed by atoms with van der Waals surface area (Å²) in [6, 6.07) is 1.82. The third kappa shape index (κ3) is 3.18. The number of hydrogen-bond donors (Lipinski definition) is 3. The number of aryl methyl sites for hydroxylation is 1. The maximum absolute atomic E-state index is 11.4. The van der Waals surface area contributed by atoms with Crippen molar-refractivity contribution >= 4 is 5.91 Å². The Balaban J connectivity index is 2.36. The van der Waals surface area contributed by atoms with Crippen LogP contribution in [-0.2, 0) is 0 Å². The molecule has 14 heavy (non-hydrogen) atoms. The van der Waals surface area contributed by atoms with Gasteiger partial charge in [0.2, 0.25) is 0 Å². The minimum atomic E-state index is -0.157. The first-order valence-corrected chi connectivity index (χ1v) is 4.65. The molecule has 4 N–H and O–H groups in total. The second-order valence-electron chi connectivity index (χ2n) is 3.46. The fourth-order valence-corrected chi connectivity index (χ4v) is 1.04. The summed E-state index contributed by atoms with van der Waals surface area (Å²) < 4.78 is 0. The number of aromatic nitrogens is 2. The third-order valence-electron chi connectivity index (χ3n) is 1.82. The maximum Gasteiger partial charge on any atom is 0.271 e. The number of nitrogens with two attached hydrogens (primary N) is 1. The molecule has 1 aromatic heterocycles. The molecular formula is C9H16N4O. The van der Waals surface area contributed by atoms with Crippen molar-refractivity contribution in [1.29, 1.82) is 0 Å². The van der Waals surface area contributed by atoms with Crippen LogP contribution < -0.4 is 11.1 Å². The van der Waals surface area contributed by atoms with E-state index in [0.29, 0.717) is 12.2 Å². The van der Waals surface area contributed by atoms with Gasteiger partial charge < -0.3 is 11.1 Å². The van der Waals surface area contributed by atoms with E-state index >= 15 is 0 Å². The first-order chi connectivity index (χ1) is 6.59. The summed E-state index contributed by atoms with van der Waals surface area (Å²) in [6.45, 7) is 4.35. The van der Waals surface area contributed by atoms with E-state index in [9.17, 15) is 4.79 Å². The van der Waals surface area contributed by atoms with Gasteiger partial charge in [0, 0.05) is 18.3 Å². The van der Waals surface area contributed by atoms with Crippen molar-refractivity contribution in [1.82, 2.24) is 15.5 Å². The minimum absolute atomic E-state index is 0.108. The summed E-state index contributed by atoms with van der Waals surface area (Å²) in [7, 11) is 0. The highest BCUT2D eigenvalue weighted by Crippen LogP contribution is 1.97. The predicted octanol–water partition coefficient (Wildman–Crippen LogP) is 0.185. The van der Waals surface area contributed by atoms with E-state index in [1.54, 1.807) is 6.07 Å². The van der Waals surface area contributed by atoms with Crippen molar-refractivity contribution in [3.05, 3.63) is 17.5 Å². The van der Waals surface area contributed by atoms with E-state index in [1.807, 2.05) is 13.8 Å². The van der Waals surface area contributed by atoms with Crippen LogP contribution in [0.25, 0.3) is 0 Å². The Hall–Kier alpha value is -1.36. The number of amides is 1. The van der Waals surface area contributed by atoms with Gasteiger partial charge >= 0.3 is 0 Å². The quantitative estimate of drug-likeness (QED) is 0.642. The van der Waals surface area contributed by atoms with Crippen LogP contribution >= 0.6 is 0 Å². The van der Waals surface area contributed by atoms with Crippen molar-refractivity contribution in [3.8, 4) is 0 Å². The number of nitrogens with zero attached hydrogens (tertiary/aromatic N) is 1. The van der Waals surface area contributed by atoms with Gasteiger partial charge in [-0.2, -0.15) is 5.10 Å². The maximum atomic E-state index is 11.4. The van der Waals surface area contributed by atoms with Crippen LogP contribution in [0.15, 0.2) is 6.07 Å². The number of hydrogen-bond acceptors (Lipinski definition) is 3. The fourth-order valence-electron chi connectivity index (χ4n) is 1.04. The Morgan fingerprint density at radius 2 is 2.50 bits per heavy atom. The summed E-state index contributed by atoms with van der Waals surface area (Å²) in [4.78, 5) is 11.4. The van der Waals surface area contributed by atoms with E-state index in [1.165, 1.54) is 0 Å². The lowest BCUT2D eigenvalue weighted by atomic mass is 10.2. The summed E-state index contributed by atoms with van der Waals surface area (Å²) in [5.41, 5.74) is 6.85. The van der Waals surface area contributed by atoms with E-state index < -0.39 is 0 Å². The van der Waals surface area contributed by atoms with Gasteiger partial charge in [0.15, 0.2) is 0 Å². The molecular weight excluding hydrogens is 180 g/mol. The second-order valence-corrected chi connectivity index (χ2v) is 3.46. The number of H-pyrrole nitrogens is 1. The third-order valence-corrected chi connectivity index (χ3v) is 1.82. The largest absolute Gasteiger partial charge is 0.351 e. The lowest BCUT2D eigenvalue weighted by Crippen LogP contribution is -2.29. The fraction of sp³-hybridized carbons (Fsp3) is 0.556. The molecule has 0 bridgehead atoms. The lowest BCUT2D eigenvalue weighted by molar-refractivity contribution is 0.0948. The van der Waals surface area contributed by atoms with Crippen LogP contribution in [0, 0.1) is 6.92 Å². The smallest absolute Gasteiger partial charge is 0.271 e. The van der Waals surface area contributed by atoms with Gasteiger partial charge in [-0.1, -0.05) is 0 Å². The molecule has 1 heterocycles. The zero-order chi connectivity index (χ0) is 10.6. The van der Waals surface area contributed by atoms with Crippen LogP contribution in [0.2, 0.25) is 0 Å². The number of rotatable bonds is 4. The van der Waals surface area contributed by atoms with Crippen molar-refractivity contribution in [2.24, 2.45) is 5.73 Å². The van der Waals surface area contributed by atoms with Crippen molar-refractivity contribution in [3.63, 3.8) is 0 Å². The second kappa shape index (κ2) is 4.76. The number of nitrogens with one attached hydrogen (secondary N) is 2. The molecule has 1 rings (SSSR count). The highest BCUT2D eigenvalue weighted by atomic mass is 16.1. The van der Waals surface area contributed by atoms with E-state index in [-0.39, 0.29) is 11.9 Å². The summed E-state index contributed by atoms with van der Waals surface area (Å²) in [6.07, 6.45) is 0.773. The molecule has 0 aliphatic carbocycles. The molecule has 0 saturated carbocycles. The zero-order valence-corrected chi connectivity index (χ0v) is 8.50. The van der Waals surface area contributed by atoms with Gasteiger partial charge in [-0.25, -0.2) is 0 Å². The molecule has 0 saturated heterocycles. The van der Waals surface area contributed by atoms with Gasteiger partial charge in [0.05, 0.1) is 0 Å². The van der Waals surface area contributed by atoms with Crippen LogP contribution in [0.1, 0.15) is 29.5 Å². The molecule has 1 unspecified atom stereocenters. The Kier molecular flexibility index (Phi) is 3.64. The van der Waals surface area contributed by atoms with Gasteiger partial charge in [-0.15, -0.1) is 0 Å². The van der Waals surface area contributed by atoms with E-state index in [0.717, 1.165) is 12.1 Å². The highest BCUT2D eigenvalue weighted by Gasteiger charge is 2.07. The van der Waals surface area contributed by atoms with Crippen LogP contribution in [0.4, 0.5) is 0 Å². The number of carbonyl (C=O) groups is 1. The number of aromatic amines is 1. The molecule has 5 heteroatoms. The average Bonchev–Trinajstić information content (AvgIpc) is 2.51. The summed E-state index contributed by atoms with van der Waals surface area (Å²) in [5, 5.41) is 9.30. The normalized spacial score (nSPS) is 12.5. The molecule has 0 aliphatic heterocycles. The average molecular weight is 196 g/mol. The molecule has 5 nitrogen and oxygen atoms in total. The molecule has 0 aromatic carbocycles. The van der Waals surface area contributed by atoms with E-state index in [2.05, 4.69) is 15.5 Å². The predicted molar refractivity (Wildman–Crippen MR) is 53.9 cm³/mol. The molecule has 78 valence electrons. The molecule has 1 amide bonds. The summed E-state index contributed by atoms with van der Waals surface area (Å²) in [5.74, 6) is -0.157. The minimum Gasteiger partial charge on any atom is -0.351 e. The zero-order valence-electron chi connectivity index (χ0n) is 8.50. The van der Waals surface area contributed by atoms with Crippen molar-refractivity contribution < 1.29 is 4.79 Å². The molecule has 0 aliphatic rings. The first-order valence-electron chi connectivity index (χ1n) is 4.65. The number of carbonyl (C=O) groups excluding carboxylic acids is 1. The molecule has 1 aromatic rings. The topological polar surface area (TPSA) is 83.8 Å². The SMILES string of the molecule is Cc1cc(C(=O)NCCC(C)N)n[nH]1. The standard InChI is InChI=1S/C9H16N4O/c1-6(10)3-4-11-9(14)8-5-7(2)12-13-8/h5-6H,3-4,10H2,1-2H3,(H,11,14)(H,12,13). The Morgan fingerprint density at radius 3 is 3.00 bits per heavy atom. The van der Waals surface area contributed by atoms with Gasteiger partial charge in [-0.3, -0.25) is 9.89 Å². The Bertz CT molecular complexity index is 306. The van der Waals surface area contributed by atoms with E-state index in [4.69, 9.17) is 5.73 Å². The highest BCUT2D eigenvalue weighted by molar-refractivity contribution is 5.92. The Labute approximate surface area is 83.1 Å².